The zero-order valence-corrected chi connectivity index (χ0v) is 20.2. The number of nitrogens with two attached hydrogens (primary N) is 1. The molecule has 0 saturated heterocycles. The summed E-state index contributed by atoms with van der Waals surface area (Å²) in [5.41, 5.74) is 9.55. The van der Waals surface area contributed by atoms with Crippen LogP contribution < -0.4 is 16.5 Å². The van der Waals surface area contributed by atoms with E-state index in [1.807, 2.05) is 18.2 Å². The van der Waals surface area contributed by atoms with Gasteiger partial charge in [0.1, 0.15) is 0 Å². The number of nitrogens with zero attached hydrogens (tertiary/aromatic N) is 1. The van der Waals surface area contributed by atoms with Crippen LogP contribution >= 0.6 is 0 Å². The van der Waals surface area contributed by atoms with Crippen molar-refractivity contribution in [2.24, 2.45) is 11.7 Å². The number of esters is 1. The third-order valence-corrected chi connectivity index (χ3v) is 4.90. The van der Waals surface area contributed by atoms with Crippen LogP contribution in [0.4, 0.5) is 0 Å². The summed E-state index contributed by atoms with van der Waals surface area (Å²) < 4.78 is 4.81. The minimum absolute atomic E-state index is 0.223. The van der Waals surface area contributed by atoms with Gasteiger partial charge >= 0.3 is 5.97 Å². The molecule has 0 aliphatic carbocycles. The molecule has 0 aliphatic heterocycles. The van der Waals surface area contributed by atoms with Gasteiger partial charge in [-0.2, -0.15) is 0 Å². The topological polar surface area (TPSA) is 114 Å². The molecule has 0 fully saturated rings. The predicted octanol–water partition coefficient (Wildman–Crippen LogP) is 2.34. The number of amides is 2. The van der Waals surface area contributed by atoms with E-state index in [4.69, 9.17) is 10.5 Å². The fourth-order valence-electron chi connectivity index (χ4n) is 3.23. The molecule has 1 rings (SSSR count). The maximum absolute atomic E-state index is 13.0. The van der Waals surface area contributed by atoms with Gasteiger partial charge in [0.2, 0.25) is 0 Å². The largest absolute Gasteiger partial charge is 0.463 e. The normalized spacial score (nSPS) is 12.0. The van der Waals surface area contributed by atoms with Crippen molar-refractivity contribution in [3.63, 3.8) is 0 Å². The van der Waals surface area contributed by atoms with E-state index in [0.29, 0.717) is 44.8 Å². The summed E-state index contributed by atoms with van der Waals surface area (Å²) in [5.74, 6) is -1.06. The van der Waals surface area contributed by atoms with Gasteiger partial charge in [0.15, 0.2) is 0 Å². The highest BCUT2D eigenvalue weighted by atomic mass is 16.5. The summed E-state index contributed by atoms with van der Waals surface area (Å²) in [6.07, 6.45) is 6.00. The second-order valence-corrected chi connectivity index (χ2v) is 8.27. The van der Waals surface area contributed by atoms with Crippen LogP contribution in [0.5, 0.6) is 0 Å². The quantitative estimate of drug-likeness (QED) is 0.160. The summed E-state index contributed by atoms with van der Waals surface area (Å²) in [7, 11) is 0. The molecule has 0 radical (unpaired) electrons. The summed E-state index contributed by atoms with van der Waals surface area (Å²) in [6, 6.07) is 9.78. The molecule has 1 aromatic rings. The van der Waals surface area contributed by atoms with Gasteiger partial charge in [0.25, 0.3) is 11.8 Å². The Hall–Kier alpha value is -2.71. The zero-order valence-electron chi connectivity index (χ0n) is 20.2. The first kappa shape index (κ1) is 28.3. The van der Waals surface area contributed by atoms with Crippen molar-refractivity contribution in [1.29, 1.82) is 0 Å². The predicted molar refractivity (Wildman–Crippen MR) is 130 cm³/mol. The number of hydrogen-bond donors (Lipinski definition) is 3. The second-order valence-electron chi connectivity index (χ2n) is 8.27. The number of carbonyl (C=O) groups is 3. The summed E-state index contributed by atoms with van der Waals surface area (Å²) >= 11 is 0. The molecule has 33 heavy (non-hydrogen) atoms. The molecule has 0 saturated carbocycles. The Morgan fingerprint density at radius 1 is 1.09 bits per heavy atom. The van der Waals surface area contributed by atoms with Crippen LogP contribution in [0, 0.1) is 5.92 Å². The molecule has 0 aromatic heterocycles. The number of ether oxygens (including phenoxy) is 1. The lowest BCUT2D eigenvalue weighted by molar-refractivity contribution is -0.140. The van der Waals surface area contributed by atoms with E-state index in [-0.39, 0.29) is 12.5 Å². The number of rotatable bonds is 15. The standard InChI is InChI=1S/C25H40N4O4/c1-4-33-24(31)15-14-23(30)29(18-9-8-16-26)28-25(32)22(19-20(2)3)27-17-10-13-21-11-6-5-7-12-21/h5-7,11-12,14-15,20,22,27H,4,8-10,13,16-19,26H2,1-3H3,(H,28,32)/b15-14+/t22-/m0/s1. The van der Waals surface area contributed by atoms with Crippen LogP contribution in [0.1, 0.15) is 52.0 Å². The molecule has 0 aliphatic rings. The molecule has 0 unspecified atom stereocenters. The van der Waals surface area contributed by atoms with E-state index >= 15 is 0 Å². The van der Waals surface area contributed by atoms with Gasteiger partial charge in [0.05, 0.1) is 12.6 Å². The average Bonchev–Trinajstić information content (AvgIpc) is 2.79. The number of carbonyl (C=O) groups excluding carboxylic acids is 3. The summed E-state index contributed by atoms with van der Waals surface area (Å²) in [6.45, 7) is 7.50. The van der Waals surface area contributed by atoms with E-state index < -0.39 is 17.9 Å². The first-order valence-electron chi connectivity index (χ1n) is 11.8. The Morgan fingerprint density at radius 3 is 2.45 bits per heavy atom. The highest BCUT2D eigenvalue weighted by molar-refractivity contribution is 5.95. The third kappa shape index (κ3) is 12.8. The van der Waals surface area contributed by atoms with Crippen molar-refractivity contribution in [2.45, 2.75) is 58.9 Å². The SMILES string of the molecule is CCOC(=O)/C=C/C(=O)N(CCCCN)NC(=O)[C@H](CC(C)C)NCCCc1ccccc1. The van der Waals surface area contributed by atoms with E-state index in [2.05, 4.69) is 36.7 Å². The lowest BCUT2D eigenvalue weighted by Crippen LogP contribution is -2.53. The molecule has 1 aromatic carbocycles. The highest BCUT2D eigenvalue weighted by Crippen LogP contribution is 2.07. The number of hydrazine groups is 1. The smallest absolute Gasteiger partial charge is 0.330 e. The maximum Gasteiger partial charge on any atom is 0.330 e. The molecule has 4 N–H and O–H groups in total. The minimum atomic E-state index is -0.600. The maximum atomic E-state index is 13.0. The first-order valence-corrected chi connectivity index (χ1v) is 11.8. The fraction of sp³-hybridized carbons (Fsp3) is 0.560. The Kier molecular flexibility index (Phi) is 14.5. The Labute approximate surface area is 197 Å². The van der Waals surface area contributed by atoms with Gasteiger partial charge in [-0.1, -0.05) is 44.2 Å². The Bertz CT molecular complexity index is 737. The van der Waals surface area contributed by atoms with Gasteiger partial charge in [-0.3, -0.25) is 20.0 Å². The first-order chi connectivity index (χ1) is 15.9. The van der Waals surface area contributed by atoms with Crippen molar-refractivity contribution >= 4 is 17.8 Å². The summed E-state index contributed by atoms with van der Waals surface area (Å²) in [4.78, 5) is 37.2. The second kappa shape index (κ2) is 16.9. The van der Waals surface area contributed by atoms with Crippen LogP contribution in [0.25, 0.3) is 0 Å². The Morgan fingerprint density at radius 2 is 1.82 bits per heavy atom. The van der Waals surface area contributed by atoms with Crippen molar-refractivity contribution in [3.8, 4) is 0 Å². The van der Waals surface area contributed by atoms with Crippen LogP contribution in [0.3, 0.4) is 0 Å². The lowest BCUT2D eigenvalue weighted by atomic mass is 10.0. The number of aryl methyl sites for hydroxylation is 1. The minimum Gasteiger partial charge on any atom is -0.463 e. The van der Waals surface area contributed by atoms with Crippen LogP contribution in [0.2, 0.25) is 0 Å². The van der Waals surface area contributed by atoms with Crippen LogP contribution in [-0.4, -0.2) is 55.1 Å². The highest BCUT2D eigenvalue weighted by Gasteiger charge is 2.23. The van der Waals surface area contributed by atoms with Crippen molar-refractivity contribution in [1.82, 2.24) is 15.8 Å². The van der Waals surface area contributed by atoms with Gasteiger partial charge < -0.3 is 15.8 Å². The fourth-order valence-corrected chi connectivity index (χ4v) is 3.23. The van der Waals surface area contributed by atoms with E-state index in [9.17, 15) is 14.4 Å². The number of nitrogens with one attached hydrogen (secondary N) is 2. The van der Waals surface area contributed by atoms with Crippen molar-refractivity contribution in [2.75, 3.05) is 26.2 Å². The monoisotopic (exact) mass is 460 g/mol. The number of unbranched alkanes of at least 4 members (excludes halogenated alkanes) is 1. The molecule has 0 bridgehead atoms. The molecule has 8 nitrogen and oxygen atoms in total. The molecule has 0 heterocycles. The average molecular weight is 461 g/mol. The molecule has 2 amide bonds. The van der Waals surface area contributed by atoms with Gasteiger partial charge in [-0.05, 0) is 63.6 Å². The number of benzene rings is 1. The van der Waals surface area contributed by atoms with E-state index in [0.717, 1.165) is 25.0 Å². The lowest BCUT2D eigenvalue weighted by Gasteiger charge is -2.26. The number of hydrogen-bond acceptors (Lipinski definition) is 6. The zero-order chi connectivity index (χ0) is 24.5. The third-order valence-electron chi connectivity index (χ3n) is 4.90. The molecule has 1 atom stereocenters. The molecule has 0 spiro atoms. The van der Waals surface area contributed by atoms with E-state index in [1.54, 1.807) is 6.92 Å². The van der Waals surface area contributed by atoms with Gasteiger partial charge in [0, 0.05) is 18.7 Å². The molecule has 184 valence electrons. The van der Waals surface area contributed by atoms with Crippen LogP contribution in [0.15, 0.2) is 42.5 Å². The van der Waals surface area contributed by atoms with E-state index in [1.165, 1.54) is 10.6 Å². The van der Waals surface area contributed by atoms with Gasteiger partial charge in [-0.25, -0.2) is 4.79 Å². The molecular formula is C25H40N4O4. The van der Waals surface area contributed by atoms with Gasteiger partial charge in [-0.15, -0.1) is 0 Å². The Balaban J connectivity index is 2.72. The summed E-state index contributed by atoms with van der Waals surface area (Å²) in [5, 5.41) is 4.58. The molecular weight excluding hydrogens is 420 g/mol. The van der Waals surface area contributed by atoms with Crippen molar-refractivity contribution in [3.05, 3.63) is 48.0 Å². The van der Waals surface area contributed by atoms with Crippen molar-refractivity contribution < 1.29 is 19.1 Å². The molecule has 8 heteroatoms. The van der Waals surface area contributed by atoms with Crippen LogP contribution in [-0.2, 0) is 25.5 Å².